The molecule has 0 fully saturated rings. The van der Waals surface area contributed by atoms with Crippen molar-refractivity contribution in [2.45, 2.75) is 39.7 Å². The van der Waals surface area contributed by atoms with Gasteiger partial charge in [0, 0.05) is 11.4 Å². The molecule has 3 heteroatoms. The summed E-state index contributed by atoms with van der Waals surface area (Å²) in [5.74, 6) is 0.0485. The van der Waals surface area contributed by atoms with Crippen molar-refractivity contribution in [3.63, 3.8) is 0 Å². The van der Waals surface area contributed by atoms with E-state index >= 15 is 0 Å². The van der Waals surface area contributed by atoms with Crippen molar-refractivity contribution in [1.82, 2.24) is 5.32 Å². The summed E-state index contributed by atoms with van der Waals surface area (Å²) in [4.78, 5) is 12.1. The summed E-state index contributed by atoms with van der Waals surface area (Å²) in [7, 11) is 0. The third kappa shape index (κ3) is 4.35. The lowest BCUT2D eigenvalue weighted by Gasteiger charge is -2.17. The van der Waals surface area contributed by atoms with E-state index in [2.05, 4.69) is 37.4 Å². The fraction of sp³-hybridized carbons (Fsp3) is 0.316. The summed E-state index contributed by atoms with van der Waals surface area (Å²) >= 11 is 6.11. The van der Waals surface area contributed by atoms with E-state index in [1.54, 1.807) is 0 Å². The molecule has 2 nitrogen and oxygen atoms in total. The zero-order valence-electron chi connectivity index (χ0n) is 13.3. The highest BCUT2D eigenvalue weighted by atomic mass is 35.5. The molecule has 1 N–H and O–H groups in total. The van der Waals surface area contributed by atoms with Crippen LogP contribution >= 0.6 is 11.6 Å². The minimum absolute atomic E-state index is 0.0133. The molecule has 2 aromatic rings. The quantitative estimate of drug-likeness (QED) is 0.846. The van der Waals surface area contributed by atoms with E-state index < -0.39 is 0 Å². The van der Waals surface area contributed by atoms with E-state index in [4.69, 9.17) is 11.6 Å². The molecule has 0 spiro atoms. The number of hydrogen-bond donors (Lipinski definition) is 1. The maximum atomic E-state index is 12.1. The maximum absolute atomic E-state index is 12.1. The fourth-order valence-electron chi connectivity index (χ4n) is 2.65. The van der Waals surface area contributed by atoms with Crippen molar-refractivity contribution < 1.29 is 4.79 Å². The molecule has 2 aromatic carbocycles. The second-order valence-electron chi connectivity index (χ2n) is 5.74. The molecule has 0 bridgehead atoms. The van der Waals surface area contributed by atoms with Crippen LogP contribution in [-0.4, -0.2) is 5.91 Å². The van der Waals surface area contributed by atoms with Gasteiger partial charge in [-0.05, 0) is 49.9 Å². The molecule has 1 atom stereocenters. The Morgan fingerprint density at radius 3 is 2.59 bits per heavy atom. The Kier molecular flexibility index (Phi) is 5.62. The minimum Gasteiger partial charge on any atom is -0.350 e. The van der Waals surface area contributed by atoms with Crippen LogP contribution in [0, 0.1) is 13.8 Å². The van der Waals surface area contributed by atoms with Crippen molar-refractivity contribution in [2.75, 3.05) is 0 Å². The highest BCUT2D eigenvalue weighted by Crippen LogP contribution is 2.20. The van der Waals surface area contributed by atoms with Crippen LogP contribution in [0.15, 0.2) is 42.5 Å². The van der Waals surface area contributed by atoms with E-state index in [9.17, 15) is 4.79 Å². The third-order valence-electron chi connectivity index (χ3n) is 3.85. The number of aryl methyl sites for hydroxylation is 3. The second kappa shape index (κ2) is 7.46. The normalized spacial score (nSPS) is 12.0. The number of rotatable bonds is 5. The molecule has 0 radical (unpaired) electrons. The van der Waals surface area contributed by atoms with Crippen LogP contribution in [0.1, 0.15) is 41.6 Å². The van der Waals surface area contributed by atoms with Gasteiger partial charge in [-0.1, -0.05) is 53.6 Å². The summed E-state index contributed by atoms with van der Waals surface area (Å²) in [6, 6.07) is 14.0. The van der Waals surface area contributed by atoms with Gasteiger partial charge in [0.25, 0.3) is 0 Å². The lowest BCUT2D eigenvalue weighted by Crippen LogP contribution is -2.27. The largest absolute Gasteiger partial charge is 0.350 e. The number of amides is 1. The first-order valence-electron chi connectivity index (χ1n) is 7.57. The standard InChI is InChI=1S/C19H22ClNO/c1-13-8-10-17(14(2)12-13)15(3)21-19(22)11-9-16-6-4-5-7-18(16)20/h4-8,10,12,15H,9,11H2,1-3H3,(H,21,22). The molecular formula is C19H22ClNO. The Balaban J connectivity index is 1.93. The van der Waals surface area contributed by atoms with Gasteiger partial charge >= 0.3 is 0 Å². The molecule has 22 heavy (non-hydrogen) atoms. The van der Waals surface area contributed by atoms with Crippen LogP contribution in [0.5, 0.6) is 0 Å². The highest BCUT2D eigenvalue weighted by Gasteiger charge is 2.12. The van der Waals surface area contributed by atoms with Gasteiger partial charge in [-0.15, -0.1) is 0 Å². The first kappa shape index (κ1) is 16.6. The average molecular weight is 316 g/mol. The van der Waals surface area contributed by atoms with Crippen LogP contribution in [0.4, 0.5) is 0 Å². The maximum Gasteiger partial charge on any atom is 0.220 e. The molecule has 0 heterocycles. The van der Waals surface area contributed by atoms with Gasteiger partial charge in [0.05, 0.1) is 6.04 Å². The number of carbonyl (C=O) groups is 1. The van der Waals surface area contributed by atoms with Crippen LogP contribution in [0.25, 0.3) is 0 Å². The molecule has 2 rings (SSSR count). The van der Waals surface area contributed by atoms with E-state index in [0.29, 0.717) is 12.8 Å². The summed E-state index contributed by atoms with van der Waals surface area (Å²) in [5, 5.41) is 3.78. The first-order chi connectivity index (χ1) is 10.5. The molecule has 1 amide bonds. The summed E-state index contributed by atoms with van der Waals surface area (Å²) in [6.07, 6.45) is 1.10. The Morgan fingerprint density at radius 2 is 1.91 bits per heavy atom. The predicted octanol–water partition coefficient (Wildman–Crippen LogP) is 4.77. The third-order valence-corrected chi connectivity index (χ3v) is 4.22. The second-order valence-corrected chi connectivity index (χ2v) is 6.15. The van der Waals surface area contributed by atoms with Crippen molar-refractivity contribution in [1.29, 1.82) is 0 Å². The number of benzene rings is 2. The molecule has 0 aromatic heterocycles. The minimum atomic E-state index is 0.0133. The number of nitrogens with one attached hydrogen (secondary N) is 1. The molecule has 1 unspecified atom stereocenters. The van der Waals surface area contributed by atoms with Crippen molar-refractivity contribution in [2.24, 2.45) is 0 Å². The van der Waals surface area contributed by atoms with Gasteiger partial charge in [0.2, 0.25) is 5.91 Å². The van der Waals surface area contributed by atoms with Gasteiger partial charge in [0.15, 0.2) is 0 Å². The lowest BCUT2D eigenvalue weighted by molar-refractivity contribution is -0.121. The van der Waals surface area contributed by atoms with E-state index in [0.717, 1.165) is 16.1 Å². The number of carbonyl (C=O) groups excluding carboxylic acids is 1. The molecule has 0 saturated carbocycles. The Labute approximate surface area is 137 Å². The van der Waals surface area contributed by atoms with Gasteiger partial charge in [0.1, 0.15) is 0 Å². The molecule has 0 saturated heterocycles. The van der Waals surface area contributed by atoms with E-state index in [-0.39, 0.29) is 11.9 Å². The summed E-state index contributed by atoms with van der Waals surface area (Å²) in [5.41, 5.74) is 4.62. The fourth-order valence-corrected chi connectivity index (χ4v) is 2.88. The smallest absolute Gasteiger partial charge is 0.220 e. The Bertz CT molecular complexity index is 666. The van der Waals surface area contributed by atoms with Crippen LogP contribution in [0.2, 0.25) is 5.02 Å². The average Bonchev–Trinajstić information content (AvgIpc) is 2.46. The van der Waals surface area contributed by atoms with Crippen LogP contribution < -0.4 is 5.32 Å². The molecule has 0 aliphatic rings. The molecular weight excluding hydrogens is 294 g/mol. The van der Waals surface area contributed by atoms with Gasteiger partial charge in [-0.25, -0.2) is 0 Å². The van der Waals surface area contributed by atoms with Crippen LogP contribution in [-0.2, 0) is 11.2 Å². The van der Waals surface area contributed by atoms with Crippen molar-refractivity contribution >= 4 is 17.5 Å². The van der Waals surface area contributed by atoms with Gasteiger partial charge in [-0.2, -0.15) is 0 Å². The van der Waals surface area contributed by atoms with Crippen molar-refractivity contribution in [3.05, 3.63) is 69.7 Å². The predicted molar refractivity (Wildman–Crippen MR) is 92.2 cm³/mol. The van der Waals surface area contributed by atoms with Crippen molar-refractivity contribution in [3.8, 4) is 0 Å². The first-order valence-corrected chi connectivity index (χ1v) is 7.95. The summed E-state index contributed by atoms with van der Waals surface area (Å²) < 4.78 is 0. The SMILES string of the molecule is Cc1ccc(C(C)NC(=O)CCc2ccccc2Cl)c(C)c1. The lowest BCUT2D eigenvalue weighted by atomic mass is 10.00. The number of hydrogen-bond acceptors (Lipinski definition) is 1. The van der Waals surface area contributed by atoms with Crippen LogP contribution in [0.3, 0.4) is 0 Å². The topological polar surface area (TPSA) is 29.1 Å². The molecule has 0 aliphatic carbocycles. The van der Waals surface area contributed by atoms with Gasteiger partial charge < -0.3 is 5.32 Å². The van der Waals surface area contributed by atoms with E-state index in [1.807, 2.05) is 31.2 Å². The highest BCUT2D eigenvalue weighted by molar-refractivity contribution is 6.31. The molecule has 0 aliphatic heterocycles. The summed E-state index contributed by atoms with van der Waals surface area (Å²) in [6.45, 7) is 6.17. The molecule has 116 valence electrons. The number of halogens is 1. The Hall–Kier alpha value is -1.80. The zero-order chi connectivity index (χ0) is 16.1. The monoisotopic (exact) mass is 315 g/mol. The van der Waals surface area contributed by atoms with Gasteiger partial charge in [-0.3, -0.25) is 4.79 Å². The Morgan fingerprint density at radius 1 is 1.18 bits per heavy atom. The zero-order valence-corrected chi connectivity index (χ0v) is 14.1. The van der Waals surface area contributed by atoms with E-state index in [1.165, 1.54) is 11.1 Å².